The van der Waals surface area contributed by atoms with Gasteiger partial charge in [0, 0.05) is 5.92 Å². The molecule has 3 atom stereocenters. The lowest BCUT2D eigenvalue weighted by molar-refractivity contribution is -0.0464. The van der Waals surface area contributed by atoms with Crippen molar-refractivity contribution in [3.05, 3.63) is 12.7 Å². The predicted octanol–water partition coefficient (Wildman–Crippen LogP) is 1.75. The molecular formula is C14H17N5O. The Hall–Kier alpha value is -2.13. The van der Waals surface area contributed by atoms with Crippen LogP contribution in [0.1, 0.15) is 32.9 Å². The van der Waals surface area contributed by atoms with E-state index in [4.69, 9.17) is 16.9 Å². The molecule has 2 aromatic rings. The van der Waals surface area contributed by atoms with Crippen molar-refractivity contribution in [1.29, 1.82) is 0 Å². The second kappa shape index (κ2) is 4.46. The number of hydrogen-bond acceptors (Lipinski definition) is 5. The number of nitrogens with two attached hydrogens (primary N) is 1. The molecule has 0 aromatic carbocycles. The Morgan fingerprint density at radius 2 is 2.35 bits per heavy atom. The van der Waals surface area contributed by atoms with Gasteiger partial charge in [-0.25, -0.2) is 15.0 Å². The summed E-state index contributed by atoms with van der Waals surface area (Å²) in [5.41, 5.74) is 6.56. The zero-order chi connectivity index (χ0) is 14.3. The molecule has 1 saturated heterocycles. The monoisotopic (exact) mass is 271 g/mol. The highest BCUT2D eigenvalue weighted by atomic mass is 16.5. The highest BCUT2D eigenvalue weighted by Gasteiger charge is 2.44. The van der Waals surface area contributed by atoms with Gasteiger partial charge in [-0.3, -0.25) is 4.57 Å². The lowest BCUT2D eigenvalue weighted by Crippen LogP contribution is -2.31. The number of nitrogens with zero attached hydrogens (tertiary/aromatic N) is 4. The molecule has 1 aliphatic heterocycles. The minimum atomic E-state index is -0.514. The summed E-state index contributed by atoms with van der Waals surface area (Å²) in [6.45, 7) is 4.16. The fourth-order valence-corrected chi connectivity index (χ4v) is 2.86. The molecular weight excluding hydrogens is 254 g/mol. The maximum absolute atomic E-state index is 6.14. The first-order valence-electron chi connectivity index (χ1n) is 6.70. The molecule has 0 aliphatic carbocycles. The quantitative estimate of drug-likeness (QED) is 0.842. The number of fused-ring (bicyclic) bond motifs is 1. The lowest BCUT2D eigenvalue weighted by Gasteiger charge is -2.25. The van der Waals surface area contributed by atoms with Crippen molar-refractivity contribution in [1.82, 2.24) is 19.5 Å². The van der Waals surface area contributed by atoms with Gasteiger partial charge in [-0.05, 0) is 12.8 Å². The first-order valence-corrected chi connectivity index (χ1v) is 6.70. The maximum atomic E-state index is 6.14. The summed E-state index contributed by atoms with van der Waals surface area (Å²) >= 11 is 0. The van der Waals surface area contributed by atoms with E-state index in [2.05, 4.69) is 27.8 Å². The highest BCUT2D eigenvalue weighted by Crippen LogP contribution is 2.43. The van der Waals surface area contributed by atoms with Crippen LogP contribution in [0.5, 0.6) is 0 Å². The van der Waals surface area contributed by atoms with E-state index in [1.54, 1.807) is 6.33 Å². The number of terminal acetylenes is 1. The van der Waals surface area contributed by atoms with Gasteiger partial charge >= 0.3 is 0 Å². The van der Waals surface area contributed by atoms with E-state index in [1.807, 2.05) is 11.5 Å². The molecule has 20 heavy (non-hydrogen) atoms. The molecule has 0 spiro atoms. The highest BCUT2D eigenvalue weighted by molar-refractivity contribution is 5.81. The molecule has 0 saturated carbocycles. The largest absolute Gasteiger partial charge is 0.382 e. The number of aromatic nitrogens is 4. The maximum Gasteiger partial charge on any atom is 0.167 e. The van der Waals surface area contributed by atoms with Crippen LogP contribution in [0.3, 0.4) is 0 Å². The number of nitrogen functional groups attached to an aromatic ring is 1. The molecule has 1 aliphatic rings. The van der Waals surface area contributed by atoms with E-state index in [0.29, 0.717) is 17.0 Å². The Kier molecular flexibility index (Phi) is 2.87. The van der Waals surface area contributed by atoms with Gasteiger partial charge in [-0.2, -0.15) is 0 Å². The molecule has 6 nitrogen and oxygen atoms in total. The summed E-state index contributed by atoms with van der Waals surface area (Å²) < 4.78 is 8.03. The Balaban J connectivity index is 2.02. The summed E-state index contributed by atoms with van der Waals surface area (Å²) in [4.78, 5) is 12.5. The van der Waals surface area contributed by atoms with Crippen molar-refractivity contribution in [2.24, 2.45) is 5.92 Å². The second-order valence-electron chi connectivity index (χ2n) is 5.18. The number of imidazole rings is 1. The number of ether oxygens (including phenoxy) is 1. The minimum Gasteiger partial charge on any atom is -0.382 e. The molecule has 2 N–H and O–H groups in total. The molecule has 0 amide bonds. The third-order valence-electron chi connectivity index (χ3n) is 4.16. The van der Waals surface area contributed by atoms with Crippen molar-refractivity contribution >= 4 is 17.0 Å². The molecule has 104 valence electrons. The topological polar surface area (TPSA) is 78.9 Å². The summed E-state index contributed by atoms with van der Waals surface area (Å²) in [6.07, 6.45) is 10.2. The molecule has 1 fully saturated rings. The van der Waals surface area contributed by atoms with E-state index >= 15 is 0 Å². The third kappa shape index (κ3) is 1.67. The van der Waals surface area contributed by atoms with Gasteiger partial charge < -0.3 is 10.5 Å². The fourth-order valence-electron chi connectivity index (χ4n) is 2.86. The molecule has 0 bridgehead atoms. The summed E-state index contributed by atoms with van der Waals surface area (Å²) in [7, 11) is 0. The average molecular weight is 271 g/mol. The normalized spacial score (nSPS) is 29.6. The SMILES string of the molecule is C#CC1(CC)OC(n2cnc3c(N)ncnc32)CC1C. The van der Waals surface area contributed by atoms with Gasteiger partial charge in [0.05, 0.1) is 6.33 Å². The second-order valence-corrected chi connectivity index (χ2v) is 5.18. The summed E-state index contributed by atoms with van der Waals surface area (Å²) in [5, 5.41) is 0. The first-order chi connectivity index (χ1) is 9.61. The van der Waals surface area contributed by atoms with Crippen LogP contribution < -0.4 is 5.73 Å². The number of anilines is 1. The van der Waals surface area contributed by atoms with Gasteiger partial charge in [-0.1, -0.05) is 19.8 Å². The van der Waals surface area contributed by atoms with Crippen LogP contribution in [0.15, 0.2) is 12.7 Å². The van der Waals surface area contributed by atoms with Crippen molar-refractivity contribution in [3.8, 4) is 12.3 Å². The molecule has 3 unspecified atom stereocenters. The third-order valence-corrected chi connectivity index (χ3v) is 4.16. The van der Waals surface area contributed by atoms with Crippen LogP contribution in [-0.4, -0.2) is 25.1 Å². The van der Waals surface area contributed by atoms with Gasteiger partial charge in [0.15, 0.2) is 11.5 Å². The average Bonchev–Trinajstić information content (AvgIpc) is 3.01. The number of rotatable bonds is 2. The zero-order valence-corrected chi connectivity index (χ0v) is 11.6. The van der Waals surface area contributed by atoms with Crippen LogP contribution >= 0.6 is 0 Å². The van der Waals surface area contributed by atoms with Gasteiger partial charge in [0.2, 0.25) is 0 Å². The predicted molar refractivity (Wildman–Crippen MR) is 75.5 cm³/mol. The van der Waals surface area contributed by atoms with Crippen LogP contribution in [-0.2, 0) is 4.74 Å². The molecule has 0 radical (unpaired) electrons. The molecule has 3 rings (SSSR count). The van der Waals surface area contributed by atoms with Crippen LogP contribution in [0, 0.1) is 18.3 Å². The Morgan fingerprint density at radius 3 is 3.00 bits per heavy atom. The van der Waals surface area contributed by atoms with E-state index in [-0.39, 0.29) is 12.1 Å². The van der Waals surface area contributed by atoms with E-state index in [9.17, 15) is 0 Å². The van der Waals surface area contributed by atoms with Crippen LogP contribution in [0.25, 0.3) is 11.2 Å². The summed E-state index contributed by atoms with van der Waals surface area (Å²) in [6, 6.07) is 0. The van der Waals surface area contributed by atoms with Crippen LogP contribution in [0.4, 0.5) is 5.82 Å². The Bertz CT molecular complexity index is 688. The van der Waals surface area contributed by atoms with Gasteiger partial charge in [0.1, 0.15) is 23.7 Å². The fraction of sp³-hybridized carbons (Fsp3) is 0.500. The smallest absolute Gasteiger partial charge is 0.167 e. The van der Waals surface area contributed by atoms with Crippen molar-refractivity contribution in [2.75, 3.05) is 5.73 Å². The van der Waals surface area contributed by atoms with Crippen molar-refractivity contribution in [2.45, 2.75) is 38.5 Å². The van der Waals surface area contributed by atoms with Crippen molar-refractivity contribution in [3.63, 3.8) is 0 Å². The molecule has 6 heteroatoms. The van der Waals surface area contributed by atoms with Crippen molar-refractivity contribution < 1.29 is 4.74 Å². The minimum absolute atomic E-state index is 0.166. The van der Waals surface area contributed by atoms with E-state index in [1.165, 1.54) is 6.33 Å². The Labute approximate surface area is 117 Å². The zero-order valence-electron chi connectivity index (χ0n) is 11.6. The summed E-state index contributed by atoms with van der Waals surface area (Å²) in [5.74, 6) is 3.47. The molecule has 2 aromatic heterocycles. The van der Waals surface area contributed by atoms with E-state index < -0.39 is 5.60 Å². The number of hydrogen-bond donors (Lipinski definition) is 1. The van der Waals surface area contributed by atoms with Gasteiger partial charge in [-0.15, -0.1) is 6.42 Å². The van der Waals surface area contributed by atoms with E-state index in [0.717, 1.165) is 12.8 Å². The standard InChI is InChI=1S/C14H17N5O/c1-4-14(5-2)9(3)6-10(20-14)19-8-18-11-12(15)16-7-17-13(11)19/h1,7-10H,5-6H2,2-3H3,(H2,15,16,17). The van der Waals surface area contributed by atoms with Gasteiger partial charge in [0.25, 0.3) is 0 Å². The first kappa shape index (κ1) is 12.9. The van der Waals surface area contributed by atoms with Crippen LogP contribution in [0.2, 0.25) is 0 Å². The lowest BCUT2D eigenvalue weighted by atomic mass is 9.87. The molecule has 3 heterocycles. The Morgan fingerprint density at radius 1 is 1.55 bits per heavy atom.